The van der Waals surface area contributed by atoms with E-state index in [0.29, 0.717) is 13.1 Å². The Morgan fingerprint density at radius 1 is 1.24 bits per heavy atom. The van der Waals surface area contributed by atoms with Crippen LogP contribution in [0.3, 0.4) is 0 Å². The largest absolute Gasteiger partial charge is 0.335 e. The number of rotatable bonds is 5. The van der Waals surface area contributed by atoms with Crippen LogP contribution in [0.15, 0.2) is 42.9 Å². The Labute approximate surface area is 160 Å². The van der Waals surface area contributed by atoms with E-state index in [0.717, 1.165) is 31.6 Å². The van der Waals surface area contributed by atoms with Crippen molar-refractivity contribution in [2.24, 2.45) is 0 Å². The summed E-state index contributed by atoms with van der Waals surface area (Å²) in [7, 11) is 0. The molecule has 1 fully saturated rings. The SMILES string of the molecule is CCN(Cc1ccccn1)C(=O)C1(n2cccn2)CCNCC1.Cl.Cl. The van der Waals surface area contributed by atoms with Gasteiger partial charge in [-0.05, 0) is 51.1 Å². The molecule has 0 spiro atoms. The van der Waals surface area contributed by atoms with Crippen LogP contribution in [0.5, 0.6) is 0 Å². The van der Waals surface area contributed by atoms with Gasteiger partial charge in [-0.15, -0.1) is 24.8 Å². The molecular weight excluding hydrogens is 361 g/mol. The lowest BCUT2D eigenvalue weighted by Gasteiger charge is -2.40. The lowest BCUT2D eigenvalue weighted by atomic mass is 9.86. The Morgan fingerprint density at radius 3 is 2.56 bits per heavy atom. The number of hydrogen-bond acceptors (Lipinski definition) is 4. The molecule has 3 heterocycles. The van der Waals surface area contributed by atoms with Gasteiger partial charge < -0.3 is 10.2 Å². The minimum atomic E-state index is -0.584. The topological polar surface area (TPSA) is 63.1 Å². The van der Waals surface area contributed by atoms with E-state index in [9.17, 15) is 4.79 Å². The summed E-state index contributed by atoms with van der Waals surface area (Å²) in [5, 5.41) is 7.72. The van der Waals surface area contributed by atoms with Crippen molar-refractivity contribution < 1.29 is 4.79 Å². The van der Waals surface area contributed by atoms with Crippen molar-refractivity contribution in [1.29, 1.82) is 0 Å². The summed E-state index contributed by atoms with van der Waals surface area (Å²) in [6, 6.07) is 7.68. The smallest absolute Gasteiger partial charge is 0.251 e. The molecular formula is C17H25Cl2N5O. The summed E-state index contributed by atoms with van der Waals surface area (Å²) in [6.45, 7) is 4.86. The summed E-state index contributed by atoms with van der Waals surface area (Å²) in [6.07, 6.45) is 6.92. The maximum Gasteiger partial charge on any atom is 0.251 e. The number of nitrogens with zero attached hydrogens (tertiary/aromatic N) is 4. The number of pyridine rings is 1. The lowest BCUT2D eigenvalue weighted by Crippen LogP contribution is -2.55. The lowest BCUT2D eigenvalue weighted by molar-refractivity contribution is -0.143. The first-order chi connectivity index (χ1) is 11.3. The molecule has 1 N–H and O–H groups in total. The number of aromatic nitrogens is 3. The molecule has 0 bridgehead atoms. The van der Waals surface area contributed by atoms with Crippen molar-refractivity contribution in [3.8, 4) is 0 Å². The highest BCUT2D eigenvalue weighted by Crippen LogP contribution is 2.29. The number of carbonyl (C=O) groups excluding carboxylic acids is 1. The van der Waals surface area contributed by atoms with E-state index in [2.05, 4.69) is 15.4 Å². The van der Waals surface area contributed by atoms with Crippen LogP contribution in [0.1, 0.15) is 25.5 Å². The predicted octanol–water partition coefficient (Wildman–Crippen LogP) is 2.25. The quantitative estimate of drug-likeness (QED) is 0.856. The van der Waals surface area contributed by atoms with Gasteiger partial charge >= 0.3 is 0 Å². The standard InChI is InChI=1S/C17H23N5O.2ClH/c1-2-21(14-15-6-3-4-9-19-15)16(23)17(7-11-18-12-8-17)22-13-5-10-20-22;;/h3-6,9-10,13,18H,2,7-8,11-12,14H2,1H3;2*1H. The molecule has 1 saturated heterocycles. The molecule has 1 amide bonds. The van der Waals surface area contributed by atoms with Crippen molar-refractivity contribution >= 4 is 30.7 Å². The Kier molecular flexibility index (Phi) is 8.35. The Bertz CT molecular complexity index is 630. The van der Waals surface area contributed by atoms with Crippen LogP contribution in [0.4, 0.5) is 0 Å². The van der Waals surface area contributed by atoms with Crippen LogP contribution >= 0.6 is 24.8 Å². The van der Waals surface area contributed by atoms with E-state index in [1.807, 2.05) is 47.0 Å². The van der Waals surface area contributed by atoms with E-state index in [4.69, 9.17) is 0 Å². The average molecular weight is 386 g/mol. The zero-order valence-electron chi connectivity index (χ0n) is 14.3. The Morgan fingerprint density at radius 2 is 2.00 bits per heavy atom. The monoisotopic (exact) mass is 385 g/mol. The number of hydrogen-bond donors (Lipinski definition) is 1. The summed E-state index contributed by atoms with van der Waals surface area (Å²) < 4.78 is 1.84. The van der Waals surface area contributed by atoms with Gasteiger partial charge in [-0.1, -0.05) is 6.07 Å². The second kappa shape index (κ2) is 9.75. The van der Waals surface area contributed by atoms with Gasteiger partial charge in [-0.2, -0.15) is 5.10 Å². The van der Waals surface area contributed by atoms with E-state index in [1.165, 1.54) is 0 Å². The first kappa shape index (κ1) is 21.4. The molecule has 0 aliphatic carbocycles. The molecule has 0 aromatic carbocycles. The van der Waals surface area contributed by atoms with Crippen molar-refractivity contribution in [3.05, 3.63) is 48.5 Å². The van der Waals surface area contributed by atoms with Gasteiger partial charge in [0.2, 0.25) is 0 Å². The maximum atomic E-state index is 13.4. The number of amides is 1. The van der Waals surface area contributed by atoms with Gasteiger partial charge in [-0.25, -0.2) is 0 Å². The molecule has 25 heavy (non-hydrogen) atoms. The fourth-order valence-corrected chi connectivity index (χ4v) is 3.21. The van der Waals surface area contributed by atoms with Gasteiger partial charge in [0.1, 0.15) is 5.54 Å². The van der Waals surface area contributed by atoms with Crippen LogP contribution < -0.4 is 5.32 Å². The summed E-state index contributed by atoms with van der Waals surface area (Å²) in [5.74, 6) is 0.135. The summed E-state index contributed by atoms with van der Waals surface area (Å²) in [5.41, 5.74) is 0.326. The van der Waals surface area contributed by atoms with Crippen molar-refractivity contribution in [2.75, 3.05) is 19.6 Å². The van der Waals surface area contributed by atoms with Crippen molar-refractivity contribution in [3.63, 3.8) is 0 Å². The minimum absolute atomic E-state index is 0. The van der Waals surface area contributed by atoms with Crippen molar-refractivity contribution in [1.82, 2.24) is 25.0 Å². The average Bonchev–Trinajstić information content (AvgIpc) is 3.16. The number of nitrogens with one attached hydrogen (secondary N) is 1. The number of piperidine rings is 1. The van der Waals surface area contributed by atoms with Gasteiger partial charge in [-0.3, -0.25) is 14.5 Å². The molecule has 0 saturated carbocycles. The highest BCUT2D eigenvalue weighted by Gasteiger charge is 2.44. The van der Waals surface area contributed by atoms with Crippen LogP contribution in [-0.2, 0) is 16.9 Å². The Balaban J connectivity index is 0.00000156. The molecule has 2 aromatic heterocycles. The van der Waals surface area contributed by atoms with Crippen LogP contribution in [0, 0.1) is 0 Å². The van der Waals surface area contributed by atoms with Gasteiger partial charge in [0.15, 0.2) is 0 Å². The fourth-order valence-electron chi connectivity index (χ4n) is 3.21. The molecule has 138 valence electrons. The van der Waals surface area contributed by atoms with E-state index in [1.54, 1.807) is 12.4 Å². The number of halogens is 2. The van der Waals surface area contributed by atoms with E-state index in [-0.39, 0.29) is 30.7 Å². The zero-order valence-corrected chi connectivity index (χ0v) is 15.9. The molecule has 2 aromatic rings. The predicted molar refractivity (Wildman–Crippen MR) is 102 cm³/mol. The molecule has 0 unspecified atom stereocenters. The third-order valence-electron chi connectivity index (χ3n) is 4.52. The van der Waals surface area contributed by atoms with Crippen LogP contribution in [0.25, 0.3) is 0 Å². The third kappa shape index (κ3) is 4.51. The number of likely N-dealkylation sites (N-methyl/N-ethyl adjacent to an activating group) is 1. The van der Waals surface area contributed by atoms with Gasteiger partial charge in [0, 0.05) is 25.1 Å². The minimum Gasteiger partial charge on any atom is -0.335 e. The maximum absolute atomic E-state index is 13.4. The second-order valence-electron chi connectivity index (χ2n) is 5.87. The second-order valence-corrected chi connectivity index (χ2v) is 5.87. The number of carbonyl (C=O) groups is 1. The molecule has 0 atom stereocenters. The first-order valence-electron chi connectivity index (χ1n) is 8.16. The molecule has 0 radical (unpaired) electrons. The van der Waals surface area contributed by atoms with Crippen LogP contribution in [-0.4, -0.2) is 45.2 Å². The van der Waals surface area contributed by atoms with Gasteiger partial charge in [0.25, 0.3) is 5.91 Å². The zero-order chi connectivity index (χ0) is 16.1. The van der Waals surface area contributed by atoms with E-state index >= 15 is 0 Å². The van der Waals surface area contributed by atoms with Gasteiger partial charge in [0.05, 0.1) is 12.2 Å². The van der Waals surface area contributed by atoms with E-state index < -0.39 is 5.54 Å². The molecule has 1 aliphatic heterocycles. The molecule has 1 aliphatic rings. The first-order valence-corrected chi connectivity index (χ1v) is 8.16. The normalized spacial score (nSPS) is 15.6. The molecule has 6 nitrogen and oxygen atoms in total. The Hall–Kier alpha value is -1.63. The molecule has 3 rings (SSSR count). The highest BCUT2D eigenvalue weighted by molar-refractivity contribution is 5.86. The van der Waals surface area contributed by atoms with Crippen LogP contribution in [0.2, 0.25) is 0 Å². The molecule has 8 heteroatoms. The van der Waals surface area contributed by atoms with Crippen molar-refractivity contribution in [2.45, 2.75) is 31.8 Å². The summed E-state index contributed by atoms with van der Waals surface area (Å²) >= 11 is 0. The third-order valence-corrected chi connectivity index (χ3v) is 4.52. The highest BCUT2D eigenvalue weighted by atomic mass is 35.5. The summed E-state index contributed by atoms with van der Waals surface area (Å²) in [4.78, 5) is 19.6. The fraction of sp³-hybridized carbons (Fsp3) is 0.471.